The fourth-order valence-electron chi connectivity index (χ4n) is 5.11. The predicted octanol–water partition coefficient (Wildman–Crippen LogP) is 5.47. The molecule has 2 heterocycles. The molecule has 1 aliphatic heterocycles. The van der Waals surface area contributed by atoms with Crippen molar-refractivity contribution < 1.29 is 14.7 Å². The molecule has 0 spiro atoms. The van der Waals surface area contributed by atoms with Crippen molar-refractivity contribution >= 4 is 22.8 Å². The SMILES string of the molecule is CCC(CCCC(Cc1cc(C)ccc1O)n1nc2ccccc2n1)N1C(=O)c2ccccc2C1=O. The van der Waals surface area contributed by atoms with E-state index in [2.05, 4.69) is 0 Å². The molecule has 2 amide bonds. The number of phenols is 1. The molecule has 1 N–H and O–H groups in total. The van der Waals surface area contributed by atoms with Crippen LogP contribution in [0.3, 0.4) is 0 Å². The summed E-state index contributed by atoms with van der Waals surface area (Å²) in [6.45, 7) is 4.02. The maximum absolute atomic E-state index is 13.0. The summed E-state index contributed by atoms with van der Waals surface area (Å²) < 4.78 is 0. The molecule has 5 rings (SSSR count). The van der Waals surface area contributed by atoms with Crippen LogP contribution in [0.5, 0.6) is 5.75 Å². The average Bonchev–Trinajstić information content (AvgIpc) is 3.43. The second-order valence-electron chi connectivity index (χ2n) is 9.52. The van der Waals surface area contributed by atoms with E-state index < -0.39 is 0 Å². The Balaban J connectivity index is 1.35. The van der Waals surface area contributed by atoms with Gasteiger partial charge in [0.2, 0.25) is 0 Å². The molecule has 0 bridgehead atoms. The van der Waals surface area contributed by atoms with Crippen molar-refractivity contribution in [1.82, 2.24) is 19.9 Å². The van der Waals surface area contributed by atoms with Crippen LogP contribution in [0.15, 0.2) is 66.7 Å². The lowest BCUT2D eigenvalue weighted by atomic mass is 9.97. The third-order valence-corrected chi connectivity index (χ3v) is 7.06. The topological polar surface area (TPSA) is 88.3 Å². The second-order valence-corrected chi connectivity index (χ2v) is 9.52. The molecule has 4 aromatic rings. The molecule has 1 aliphatic rings. The normalized spacial score (nSPS) is 14.9. The van der Waals surface area contributed by atoms with Crippen molar-refractivity contribution in [3.63, 3.8) is 0 Å². The fourth-order valence-corrected chi connectivity index (χ4v) is 5.11. The van der Waals surface area contributed by atoms with E-state index >= 15 is 0 Å². The maximum Gasteiger partial charge on any atom is 0.261 e. The highest BCUT2D eigenvalue weighted by atomic mass is 16.3. The largest absolute Gasteiger partial charge is 0.508 e. The van der Waals surface area contributed by atoms with Gasteiger partial charge in [-0.05, 0) is 68.5 Å². The second kappa shape index (κ2) is 9.93. The van der Waals surface area contributed by atoms with Gasteiger partial charge in [-0.3, -0.25) is 14.5 Å². The zero-order valence-electron chi connectivity index (χ0n) is 20.6. The van der Waals surface area contributed by atoms with Crippen LogP contribution in [-0.2, 0) is 6.42 Å². The van der Waals surface area contributed by atoms with Crippen molar-refractivity contribution in [3.8, 4) is 5.75 Å². The van der Waals surface area contributed by atoms with Crippen molar-refractivity contribution in [2.45, 2.75) is 58.0 Å². The van der Waals surface area contributed by atoms with Gasteiger partial charge < -0.3 is 5.11 Å². The van der Waals surface area contributed by atoms with E-state index in [1.165, 1.54) is 4.90 Å². The molecule has 184 valence electrons. The molecule has 3 aromatic carbocycles. The summed E-state index contributed by atoms with van der Waals surface area (Å²) in [5.74, 6) is -0.146. The first kappa shape index (κ1) is 23.7. The standard InChI is InChI=1S/C29H30N4O3/c1-3-21(32-28(35)23-11-4-5-12-24(23)29(32)36)9-8-10-22(18-20-17-19(2)15-16-27(20)34)33-30-25-13-6-7-14-26(25)31-33/h4-7,11-17,21-22,34H,3,8-10,18H2,1-2H3. The molecular formula is C29H30N4O3. The Morgan fingerprint density at radius 3 is 2.03 bits per heavy atom. The van der Waals surface area contributed by atoms with Crippen LogP contribution in [0.25, 0.3) is 11.0 Å². The number of fused-ring (bicyclic) bond motifs is 2. The highest BCUT2D eigenvalue weighted by Gasteiger charge is 2.38. The minimum Gasteiger partial charge on any atom is -0.508 e. The number of nitrogens with zero attached hydrogens (tertiary/aromatic N) is 4. The third-order valence-electron chi connectivity index (χ3n) is 7.06. The highest BCUT2D eigenvalue weighted by molar-refractivity contribution is 6.21. The Hall–Kier alpha value is -4.00. The van der Waals surface area contributed by atoms with Crippen molar-refractivity contribution in [1.29, 1.82) is 0 Å². The number of rotatable bonds is 9. The minimum atomic E-state index is -0.205. The highest BCUT2D eigenvalue weighted by Crippen LogP contribution is 2.30. The molecule has 2 atom stereocenters. The Morgan fingerprint density at radius 2 is 1.42 bits per heavy atom. The van der Waals surface area contributed by atoms with Gasteiger partial charge in [-0.2, -0.15) is 15.0 Å². The lowest BCUT2D eigenvalue weighted by Gasteiger charge is -2.26. The van der Waals surface area contributed by atoms with Crippen molar-refractivity contribution in [2.75, 3.05) is 0 Å². The van der Waals surface area contributed by atoms with E-state index in [4.69, 9.17) is 10.2 Å². The van der Waals surface area contributed by atoms with E-state index in [1.54, 1.807) is 35.1 Å². The number of aromatic hydroxyl groups is 1. The van der Waals surface area contributed by atoms with E-state index in [0.29, 0.717) is 30.4 Å². The number of benzene rings is 3. The Bertz CT molecular complexity index is 1360. The smallest absolute Gasteiger partial charge is 0.261 e. The van der Waals surface area contributed by atoms with E-state index in [1.807, 2.05) is 50.2 Å². The zero-order chi connectivity index (χ0) is 25.2. The van der Waals surface area contributed by atoms with Crippen LogP contribution in [-0.4, -0.2) is 42.9 Å². The zero-order valence-corrected chi connectivity index (χ0v) is 20.6. The maximum atomic E-state index is 13.0. The first-order chi connectivity index (χ1) is 17.5. The number of hydrogen-bond donors (Lipinski definition) is 1. The van der Waals surface area contributed by atoms with Crippen LogP contribution in [0, 0.1) is 6.92 Å². The van der Waals surface area contributed by atoms with Crippen LogP contribution < -0.4 is 0 Å². The molecule has 0 saturated carbocycles. The van der Waals surface area contributed by atoms with Gasteiger partial charge >= 0.3 is 0 Å². The van der Waals surface area contributed by atoms with Gasteiger partial charge in [0, 0.05) is 12.5 Å². The quantitative estimate of drug-likeness (QED) is 0.319. The number of aryl methyl sites for hydroxylation is 1. The number of phenolic OH excluding ortho intramolecular Hbond substituents is 1. The van der Waals surface area contributed by atoms with Gasteiger partial charge in [-0.15, -0.1) is 0 Å². The molecular weight excluding hydrogens is 452 g/mol. The Labute approximate surface area is 210 Å². The van der Waals surface area contributed by atoms with E-state index in [0.717, 1.165) is 35.0 Å². The van der Waals surface area contributed by atoms with Gasteiger partial charge in [-0.25, -0.2) is 0 Å². The fraction of sp³-hybridized carbons (Fsp3) is 0.310. The molecule has 0 aliphatic carbocycles. The van der Waals surface area contributed by atoms with Crippen molar-refractivity contribution in [3.05, 3.63) is 89.0 Å². The summed E-state index contributed by atoms with van der Waals surface area (Å²) in [5, 5.41) is 19.9. The van der Waals surface area contributed by atoms with Crippen LogP contribution in [0.2, 0.25) is 0 Å². The predicted molar refractivity (Wildman–Crippen MR) is 138 cm³/mol. The van der Waals surface area contributed by atoms with E-state index in [-0.39, 0.29) is 29.6 Å². The number of aromatic nitrogens is 3. The summed E-state index contributed by atoms with van der Waals surface area (Å²) in [7, 11) is 0. The minimum absolute atomic E-state index is 0.0789. The molecule has 0 fully saturated rings. The lowest BCUT2D eigenvalue weighted by Crippen LogP contribution is -2.39. The van der Waals surface area contributed by atoms with Crippen molar-refractivity contribution in [2.24, 2.45) is 0 Å². The lowest BCUT2D eigenvalue weighted by molar-refractivity contribution is 0.0568. The Morgan fingerprint density at radius 1 is 0.833 bits per heavy atom. The first-order valence-electron chi connectivity index (χ1n) is 12.5. The number of hydrogen-bond acceptors (Lipinski definition) is 5. The average molecular weight is 483 g/mol. The summed E-state index contributed by atoms with van der Waals surface area (Å²) >= 11 is 0. The molecule has 7 heteroatoms. The van der Waals surface area contributed by atoms with Crippen LogP contribution in [0.4, 0.5) is 0 Å². The summed E-state index contributed by atoms with van der Waals surface area (Å²) in [5.41, 5.74) is 4.56. The van der Waals surface area contributed by atoms with Gasteiger partial charge in [0.1, 0.15) is 16.8 Å². The Kier molecular flexibility index (Phi) is 6.55. The van der Waals surface area contributed by atoms with Gasteiger partial charge in [0.05, 0.1) is 17.2 Å². The van der Waals surface area contributed by atoms with Crippen LogP contribution >= 0.6 is 0 Å². The molecule has 0 saturated heterocycles. The summed E-state index contributed by atoms with van der Waals surface area (Å²) in [4.78, 5) is 29.2. The molecule has 1 aromatic heterocycles. The number of amides is 2. The summed E-state index contributed by atoms with van der Waals surface area (Å²) in [6.07, 6.45) is 3.49. The van der Waals surface area contributed by atoms with E-state index in [9.17, 15) is 14.7 Å². The number of carbonyl (C=O) groups excluding carboxylic acids is 2. The van der Waals surface area contributed by atoms with Gasteiger partial charge in [0.15, 0.2) is 0 Å². The first-order valence-corrected chi connectivity index (χ1v) is 12.5. The van der Waals surface area contributed by atoms with Gasteiger partial charge in [-0.1, -0.05) is 48.9 Å². The molecule has 0 radical (unpaired) electrons. The molecule has 2 unspecified atom stereocenters. The molecule has 7 nitrogen and oxygen atoms in total. The van der Waals surface area contributed by atoms with Gasteiger partial charge in [0.25, 0.3) is 11.8 Å². The summed E-state index contributed by atoms with van der Waals surface area (Å²) in [6, 6.07) is 20.2. The van der Waals surface area contributed by atoms with Crippen LogP contribution in [0.1, 0.15) is 70.5 Å². The third kappa shape index (κ3) is 4.49. The monoisotopic (exact) mass is 482 g/mol. The number of imide groups is 1. The number of carbonyl (C=O) groups is 2. The molecule has 36 heavy (non-hydrogen) atoms.